The number of hydrogen-bond donors (Lipinski definition) is 2. The van der Waals surface area contributed by atoms with E-state index in [-0.39, 0.29) is 5.91 Å². The average molecular weight is 444 g/mol. The Morgan fingerprint density at radius 1 is 1.00 bits per heavy atom. The van der Waals surface area contributed by atoms with E-state index in [1.807, 2.05) is 4.90 Å². The van der Waals surface area contributed by atoms with E-state index in [9.17, 15) is 18.0 Å². The number of piperidine rings is 1. The highest BCUT2D eigenvalue weighted by molar-refractivity contribution is 7.92. The van der Waals surface area contributed by atoms with Crippen molar-refractivity contribution in [2.24, 2.45) is 11.8 Å². The molecular weight excluding hydrogens is 414 g/mol. The minimum absolute atomic E-state index is 0.0994. The van der Waals surface area contributed by atoms with Crippen LogP contribution in [0, 0.1) is 18.8 Å². The van der Waals surface area contributed by atoms with Gasteiger partial charge in [-0.25, -0.2) is 8.42 Å². The van der Waals surface area contributed by atoms with Crippen molar-refractivity contribution in [3.05, 3.63) is 59.2 Å². The normalized spacial score (nSPS) is 19.0. The fraction of sp³-hybridized carbons (Fsp3) is 0.391. The van der Waals surface area contributed by atoms with E-state index >= 15 is 0 Å². The molecule has 2 N–H and O–H groups in total. The predicted molar refractivity (Wildman–Crippen MR) is 123 cm³/mol. The quantitative estimate of drug-likeness (QED) is 0.736. The molecule has 0 aliphatic carbocycles. The summed E-state index contributed by atoms with van der Waals surface area (Å²) in [6.07, 6.45) is 2.16. The van der Waals surface area contributed by atoms with Gasteiger partial charge in [0, 0.05) is 18.7 Å². The molecule has 2 aromatic carbocycles. The van der Waals surface area contributed by atoms with Crippen LogP contribution in [0.3, 0.4) is 0 Å². The van der Waals surface area contributed by atoms with Gasteiger partial charge in [-0.1, -0.05) is 32.0 Å². The summed E-state index contributed by atoms with van der Waals surface area (Å²) in [5.74, 6) is 0.348. The molecule has 0 unspecified atom stereocenters. The van der Waals surface area contributed by atoms with Crippen LogP contribution >= 0.6 is 0 Å². The molecule has 1 saturated heterocycles. The number of aryl methyl sites for hydroxylation is 1. The zero-order chi connectivity index (χ0) is 22.8. The number of para-hydroxylation sites is 1. The van der Waals surface area contributed by atoms with Crippen molar-refractivity contribution in [2.45, 2.75) is 27.2 Å². The van der Waals surface area contributed by atoms with Gasteiger partial charge in [-0.15, -0.1) is 0 Å². The molecule has 7 nitrogen and oxygen atoms in total. The molecule has 2 aromatic rings. The smallest absolute Gasteiger partial charge is 0.255 e. The van der Waals surface area contributed by atoms with Crippen molar-refractivity contribution >= 4 is 33.2 Å². The van der Waals surface area contributed by atoms with Crippen molar-refractivity contribution in [2.75, 3.05) is 29.4 Å². The van der Waals surface area contributed by atoms with Crippen molar-refractivity contribution in [1.82, 2.24) is 4.90 Å². The maximum absolute atomic E-state index is 13.2. The standard InChI is InChI=1S/C23H29N3O4S/c1-15-11-16(2)14-26(13-15)23(28)19-7-5-6-8-20(19)24-22(27)18-10-9-17(3)21(12-18)25-31(4,29)30/h5-10,12,15-16,25H,11,13-14H2,1-4H3,(H,24,27)/t15-,16-/m0/s1. The fourth-order valence-electron chi connectivity index (χ4n) is 4.05. The van der Waals surface area contributed by atoms with Crippen LogP contribution in [0.15, 0.2) is 42.5 Å². The molecule has 0 aromatic heterocycles. The number of nitrogens with zero attached hydrogens (tertiary/aromatic N) is 1. The predicted octanol–water partition coefficient (Wildman–Crippen LogP) is 3.74. The van der Waals surface area contributed by atoms with Gasteiger partial charge in [-0.05, 0) is 55.0 Å². The molecule has 0 spiro atoms. The van der Waals surface area contributed by atoms with Crippen LogP contribution in [-0.2, 0) is 10.0 Å². The summed E-state index contributed by atoms with van der Waals surface area (Å²) in [6.45, 7) is 7.43. The first-order chi connectivity index (χ1) is 14.5. The lowest BCUT2D eigenvalue weighted by Gasteiger charge is -2.35. The van der Waals surface area contributed by atoms with Crippen LogP contribution in [-0.4, -0.2) is 44.5 Å². The van der Waals surface area contributed by atoms with Gasteiger partial charge in [-0.2, -0.15) is 0 Å². The molecule has 1 heterocycles. The summed E-state index contributed by atoms with van der Waals surface area (Å²) in [5, 5.41) is 2.82. The highest BCUT2D eigenvalue weighted by Gasteiger charge is 2.27. The maximum atomic E-state index is 13.2. The number of rotatable bonds is 5. The van der Waals surface area contributed by atoms with Gasteiger partial charge in [0.25, 0.3) is 11.8 Å². The van der Waals surface area contributed by atoms with Crippen molar-refractivity contribution in [3.8, 4) is 0 Å². The number of nitrogens with one attached hydrogen (secondary N) is 2. The molecule has 0 saturated carbocycles. The zero-order valence-electron chi connectivity index (χ0n) is 18.3. The van der Waals surface area contributed by atoms with E-state index in [0.717, 1.165) is 12.7 Å². The average Bonchev–Trinajstić information content (AvgIpc) is 2.67. The summed E-state index contributed by atoms with van der Waals surface area (Å²) in [6, 6.07) is 11.7. The highest BCUT2D eigenvalue weighted by atomic mass is 32.2. The van der Waals surface area contributed by atoms with E-state index in [2.05, 4.69) is 23.9 Å². The second-order valence-corrected chi connectivity index (χ2v) is 10.3. The number of carbonyl (C=O) groups is 2. The largest absolute Gasteiger partial charge is 0.338 e. The van der Waals surface area contributed by atoms with Crippen LogP contribution in [0.1, 0.15) is 46.5 Å². The summed E-state index contributed by atoms with van der Waals surface area (Å²) >= 11 is 0. The van der Waals surface area contributed by atoms with Crippen LogP contribution in [0.5, 0.6) is 0 Å². The third-order valence-electron chi connectivity index (χ3n) is 5.36. The van der Waals surface area contributed by atoms with Crippen LogP contribution in [0.4, 0.5) is 11.4 Å². The lowest BCUT2D eigenvalue weighted by Crippen LogP contribution is -2.42. The zero-order valence-corrected chi connectivity index (χ0v) is 19.1. The highest BCUT2D eigenvalue weighted by Crippen LogP contribution is 2.26. The van der Waals surface area contributed by atoms with Crippen molar-refractivity contribution < 1.29 is 18.0 Å². The molecule has 166 valence electrons. The third-order valence-corrected chi connectivity index (χ3v) is 5.95. The Balaban J connectivity index is 1.83. The Labute approximate surface area is 183 Å². The van der Waals surface area contributed by atoms with Gasteiger partial charge in [0.15, 0.2) is 0 Å². The maximum Gasteiger partial charge on any atom is 0.255 e. The van der Waals surface area contributed by atoms with E-state index in [1.54, 1.807) is 43.3 Å². The number of amides is 2. The molecular formula is C23H29N3O4S. The van der Waals surface area contributed by atoms with E-state index in [0.29, 0.717) is 53.0 Å². The van der Waals surface area contributed by atoms with E-state index < -0.39 is 15.9 Å². The molecule has 0 radical (unpaired) electrons. The molecule has 1 aliphatic heterocycles. The second kappa shape index (κ2) is 9.09. The first kappa shape index (κ1) is 22.8. The van der Waals surface area contributed by atoms with Crippen LogP contribution < -0.4 is 10.0 Å². The molecule has 31 heavy (non-hydrogen) atoms. The Kier molecular flexibility index (Phi) is 6.69. The number of sulfonamides is 1. The minimum atomic E-state index is -3.47. The number of anilines is 2. The van der Waals surface area contributed by atoms with Gasteiger partial charge < -0.3 is 10.2 Å². The molecule has 2 amide bonds. The molecule has 3 rings (SSSR count). The van der Waals surface area contributed by atoms with Gasteiger partial charge in [0.05, 0.1) is 23.2 Å². The van der Waals surface area contributed by atoms with Gasteiger partial charge in [0.2, 0.25) is 10.0 Å². The number of likely N-dealkylation sites (tertiary alicyclic amines) is 1. The van der Waals surface area contributed by atoms with Crippen molar-refractivity contribution in [1.29, 1.82) is 0 Å². The lowest BCUT2D eigenvalue weighted by molar-refractivity contribution is 0.0624. The third kappa shape index (κ3) is 5.85. The molecule has 8 heteroatoms. The van der Waals surface area contributed by atoms with E-state index in [1.165, 1.54) is 6.07 Å². The summed E-state index contributed by atoms with van der Waals surface area (Å²) in [7, 11) is -3.47. The topological polar surface area (TPSA) is 95.6 Å². The number of benzene rings is 2. The first-order valence-electron chi connectivity index (χ1n) is 10.3. The number of carbonyl (C=O) groups excluding carboxylic acids is 2. The Bertz CT molecular complexity index is 1090. The van der Waals surface area contributed by atoms with Gasteiger partial charge >= 0.3 is 0 Å². The number of hydrogen-bond acceptors (Lipinski definition) is 4. The summed E-state index contributed by atoms with van der Waals surface area (Å²) in [4.78, 5) is 27.9. The van der Waals surface area contributed by atoms with Gasteiger partial charge in [0.1, 0.15) is 0 Å². The van der Waals surface area contributed by atoms with Crippen LogP contribution in [0.25, 0.3) is 0 Å². The van der Waals surface area contributed by atoms with Crippen molar-refractivity contribution in [3.63, 3.8) is 0 Å². The SMILES string of the molecule is Cc1ccc(C(=O)Nc2ccccc2C(=O)N2C[C@@H](C)C[C@H](C)C2)cc1NS(C)(=O)=O. The Hall–Kier alpha value is -2.87. The second-order valence-electron chi connectivity index (χ2n) is 8.56. The molecule has 2 atom stereocenters. The van der Waals surface area contributed by atoms with E-state index in [4.69, 9.17) is 0 Å². The fourth-order valence-corrected chi connectivity index (χ4v) is 4.66. The lowest BCUT2D eigenvalue weighted by atomic mass is 9.91. The summed E-state index contributed by atoms with van der Waals surface area (Å²) < 4.78 is 25.6. The molecule has 0 bridgehead atoms. The first-order valence-corrected chi connectivity index (χ1v) is 12.2. The van der Waals surface area contributed by atoms with Crippen LogP contribution in [0.2, 0.25) is 0 Å². The molecule has 1 aliphatic rings. The Morgan fingerprint density at radius 2 is 1.65 bits per heavy atom. The van der Waals surface area contributed by atoms with Gasteiger partial charge in [-0.3, -0.25) is 14.3 Å². The Morgan fingerprint density at radius 3 is 2.29 bits per heavy atom. The monoisotopic (exact) mass is 443 g/mol. The minimum Gasteiger partial charge on any atom is -0.338 e. The summed E-state index contributed by atoms with van der Waals surface area (Å²) in [5.41, 5.74) is 2.21. The molecule has 1 fully saturated rings.